The average molecular weight is 152 g/mol. The van der Waals surface area contributed by atoms with E-state index in [0.717, 1.165) is 4.90 Å². The number of aryl methyl sites for hydroxylation is 3. The van der Waals surface area contributed by atoms with Crippen LogP contribution in [0.1, 0.15) is 16.7 Å². The van der Waals surface area contributed by atoms with Gasteiger partial charge in [-0.15, -0.1) is 12.6 Å². The molecule has 0 radical (unpaired) electrons. The van der Waals surface area contributed by atoms with Crippen LogP contribution in [0, 0.1) is 20.8 Å². The standard InChI is InChI=1S/C9H12S/c1-6-4-8(3)9(10)5-7(6)2/h4-5,10H,1-3H3. The maximum Gasteiger partial charge on any atom is 0.00720 e. The lowest BCUT2D eigenvalue weighted by Gasteiger charge is -2.03. The normalized spacial score (nSPS) is 10.0. The van der Waals surface area contributed by atoms with Crippen LogP contribution in [0.5, 0.6) is 0 Å². The molecule has 1 aromatic carbocycles. The molecular formula is C9H12S. The largest absolute Gasteiger partial charge is 0.143 e. The molecule has 1 heteroatoms. The summed E-state index contributed by atoms with van der Waals surface area (Å²) < 4.78 is 0. The Kier molecular flexibility index (Phi) is 2.05. The summed E-state index contributed by atoms with van der Waals surface area (Å²) in [6.45, 7) is 6.30. The van der Waals surface area contributed by atoms with Gasteiger partial charge in [0, 0.05) is 4.90 Å². The van der Waals surface area contributed by atoms with Crippen molar-refractivity contribution >= 4 is 12.6 Å². The van der Waals surface area contributed by atoms with Crippen LogP contribution in [-0.2, 0) is 0 Å². The minimum Gasteiger partial charge on any atom is -0.143 e. The molecule has 0 bridgehead atoms. The maximum absolute atomic E-state index is 4.31. The molecule has 1 aromatic rings. The van der Waals surface area contributed by atoms with Gasteiger partial charge in [-0.25, -0.2) is 0 Å². The van der Waals surface area contributed by atoms with E-state index in [1.807, 2.05) is 0 Å². The van der Waals surface area contributed by atoms with Gasteiger partial charge in [-0.2, -0.15) is 0 Å². The Bertz CT molecular complexity index is 201. The molecule has 0 heterocycles. The average Bonchev–Trinajstić information content (AvgIpc) is 1.84. The molecule has 0 aliphatic rings. The highest BCUT2D eigenvalue weighted by atomic mass is 32.1. The van der Waals surface area contributed by atoms with E-state index in [4.69, 9.17) is 0 Å². The van der Waals surface area contributed by atoms with Gasteiger partial charge in [0.2, 0.25) is 0 Å². The van der Waals surface area contributed by atoms with E-state index in [1.165, 1.54) is 16.7 Å². The van der Waals surface area contributed by atoms with E-state index in [9.17, 15) is 0 Å². The SMILES string of the molecule is Cc1cc(C)c(S)cc1C. The highest BCUT2D eigenvalue weighted by molar-refractivity contribution is 7.80. The zero-order chi connectivity index (χ0) is 7.72. The lowest BCUT2D eigenvalue weighted by atomic mass is 10.1. The van der Waals surface area contributed by atoms with Crippen LogP contribution >= 0.6 is 12.6 Å². The number of thiol groups is 1. The predicted molar refractivity (Wildman–Crippen MR) is 47.9 cm³/mol. The molecule has 0 nitrogen and oxygen atoms in total. The fourth-order valence-electron chi connectivity index (χ4n) is 0.945. The van der Waals surface area contributed by atoms with Crippen LogP contribution in [-0.4, -0.2) is 0 Å². The second kappa shape index (κ2) is 2.67. The molecule has 0 spiro atoms. The fraction of sp³-hybridized carbons (Fsp3) is 0.333. The summed E-state index contributed by atoms with van der Waals surface area (Å²) >= 11 is 4.31. The molecule has 54 valence electrons. The van der Waals surface area contributed by atoms with E-state index in [1.54, 1.807) is 0 Å². The van der Waals surface area contributed by atoms with E-state index in [2.05, 4.69) is 45.5 Å². The van der Waals surface area contributed by atoms with Crippen molar-refractivity contribution in [2.24, 2.45) is 0 Å². The lowest BCUT2D eigenvalue weighted by Crippen LogP contribution is -1.83. The van der Waals surface area contributed by atoms with Crippen molar-refractivity contribution in [1.82, 2.24) is 0 Å². The molecule has 0 unspecified atom stereocenters. The molecule has 0 aromatic heterocycles. The third-order valence-electron chi connectivity index (χ3n) is 1.81. The molecule has 0 aliphatic carbocycles. The molecular weight excluding hydrogens is 140 g/mol. The summed E-state index contributed by atoms with van der Waals surface area (Å²) in [7, 11) is 0. The van der Waals surface area contributed by atoms with Crippen LogP contribution in [0.2, 0.25) is 0 Å². The van der Waals surface area contributed by atoms with Crippen LogP contribution < -0.4 is 0 Å². The Labute approximate surface area is 67.7 Å². The van der Waals surface area contributed by atoms with Crippen molar-refractivity contribution in [3.63, 3.8) is 0 Å². The van der Waals surface area contributed by atoms with Crippen molar-refractivity contribution in [3.05, 3.63) is 28.8 Å². The molecule has 0 N–H and O–H groups in total. The monoisotopic (exact) mass is 152 g/mol. The second-order valence-corrected chi connectivity index (χ2v) is 3.20. The first-order valence-electron chi connectivity index (χ1n) is 3.38. The Hall–Kier alpha value is -0.430. The van der Waals surface area contributed by atoms with Crippen molar-refractivity contribution in [2.75, 3.05) is 0 Å². The summed E-state index contributed by atoms with van der Waals surface area (Å²) in [6, 6.07) is 4.27. The molecule has 0 atom stereocenters. The van der Waals surface area contributed by atoms with Crippen molar-refractivity contribution < 1.29 is 0 Å². The number of benzene rings is 1. The minimum atomic E-state index is 1.09. The molecule has 0 aliphatic heterocycles. The zero-order valence-electron chi connectivity index (χ0n) is 6.60. The van der Waals surface area contributed by atoms with Crippen molar-refractivity contribution in [3.8, 4) is 0 Å². The van der Waals surface area contributed by atoms with Gasteiger partial charge < -0.3 is 0 Å². The molecule has 10 heavy (non-hydrogen) atoms. The predicted octanol–water partition coefficient (Wildman–Crippen LogP) is 2.90. The van der Waals surface area contributed by atoms with Crippen LogP contribution in [0.25, 0.3) is 0 Å². The Balaban J connectivity index is 3.28. The summed E-state index contributed by atoms with van der Waals surface area (Å²) in [6.07, 6.45) is 0. The van der Waals surface area contributed by atoms with Gasteiger partial charge in [0.05, 0.1) is 0 Å². The number of rotatable bonds is 0. The maximum atomic E-state index is 4.31. The summed E-state index contributed by atoms with van der Waals surface area (Å²) in [5.41, 5.74) is 3.91. The van der Waals surface area contributed by atoms with Crippen LogP contribution in [0.3, 0.4) is 0 Å². The van der Waals surface area contributed by atoms with E-state index in [0.29, 0.717) is 0 Å². The third-order valence-corrected chi connectivity index (χ3v) is 2.29. The zero-order valence-corrected chi connectivity index (χ0v) is 7.50. The summed E-state index contributed by atoms with van der Waals surface area (Å²) in [5.74, 6) is 0. The molecule has 0 amide bonds. The lowest BCUT2D eigenvalue weighted by molar-refractivity contribution is 1.21. The molecule has 0 saturated heterocycles. The van der Waals surface area contributed by atoms with Crippen LogP contribution in [0.4, 0.5) is 0 Å². The quantitative estimate of drug-likeness (QED) is 0.543. The minimum absolute atomic E-state index is 1.09. The fourth-order valence-corrected chi connectivity index (χ4v) is 1.20. The first-order chi connectivity index (χ1) is 4.61. The Morgan fingerprint density at radius 2 is 1.40 bits per heavy atom. The highest BCUT2D eigenvalue weighted by Crippen LogP contribution is 2.17. The first kappa shape index (κ1) is 7.67. The highest BCUT2D eigenvalue weighted by Gasteiger charge is 1.95. The van der Waals surface area contributed by atoms with Crippen LogP contribution in [0.15, 0.2) is 17.0 Å². The van der Waals surface area contributed by atoms with Gasteiger partial charge in [-0.05, 0) is 43.5 Å². The van der Waals surface area contributed by atoms with E-state index in [-0.39, 0.29) is 0 Å². The number of hydrogen-bond acceptors (Lipinski definition) is 1. The molecule has 0 fully saturated rings. The van der Waals surface area contributed by atoms with Gasteiger partial charge in [0.1, 0.15) is 0 Å². The second-order valence-electron chi connectivity index (χ2n) is 2.72. The van der Waals surface area contributed by atoms with Gasteiger partial charge in [-0.3, -0.25) is 0 Å². The van der Waals surface area contributed by atoms with E-state index < -0.39 is 0 Å². The van der Waals surface area contributed by atoms with Crippen molar-refractivity contribution in [1.29, 1.82) is 0 Å². The molecule has 0 saturated carbocycles. The Morgan fingerprint density at radius 1 is 0.900 bits per heavy atom. The van der Waals surface area contributed by atoms with Crippen molar-refractivity contribution in [2.45, 2.75) is 25.7 Å². The van der Waals surface area contributed by atoms with Gasteiger partial charge in [0.25, 0.3) is 0 Å². The Morgan fingerprint density at radius 3 is 1.90 bits per heavy atom. The van der Waals surface area contributed by atoms with Gasteiger partial charge >= 0.3 is 0 Å². The number of hydrogen-bond donors (Lipinski definition) is 1. The molecule has 1 rings (SSSR count). The first-order valence-corrected chi connectivity index (χ1v) is 3.83. The van der Waals surface area contributed by atoms with Gasteiger partial charge in [0.15, 0.2) is 0 Å². The van der Waals surface area contributed by atoms with E-state index >= 15 is 0 Å². The smallest absolute Gasteiger partial charge is 0.00720 e. The summed E-state index contributed by atoms with van der Waals surface area (Å²) in [4.78, 5) is 1.09. The third kappa shape index (κ3) is 1.35. The summed E-state index contributed by atoms with van der Waals surface area (Å²) in [5, 5.41) is 0. The topological polar surface area (TPSA) is 0 Å². The van der Waals surface area contributed by atoms with Gasteiger partial charge in [-0.1, -0.05) is 6.07 Å².